The molecule has 5 heteroatoms. The van der Waals surface area contributed by atoms with Gasteiger partial charge in [-0.2, -0.15) is 0 Å². The number of morpholine rings is 1. The van der Waals surface area contributed by atoms with Gasteiger partial charge in [0.25, 0.3) is 5.91 Å². The summed E-state index contributed by atoms with van der Waals surface area (Å²) in [6, 6.07) is 7.76. The van der Waals surface area contributed by atoms with Gasteiger partial charge in [-0.15, -0.1) is 11.8 Å². The fourth-order valence-electron chi connectivity index (χ4n) is 1.99. The van der Waals surface area contributed by atoms with Gasteiger partial charge < -0.3 is 9.64 Å². The van der Waals surface area contributed by atoms with Gasteiger partial charge in [0.05, 0.1) is 18.3 Å². The summed E-state index contributed by atoms with van der Waals surface area (Å²) in [4.78, 5) is 15.4. The molecule has 0 aromatic heterocycles. The first kappa shape index (κ1) is 13.9. The van der Waals surface area contributed by atoms with Crippen molar-refractivity contribution in [3.8, 4) is 0 Å². The third-order valence-corrected chi connectivity index (χ3v) is 4.45. The topological polar surface area (TPSA) is 29.5 Å². The van der Waals surface area contributed by atoms with Crippen LogP contribution in [0, 0.1) is 0 Å². The molecule has 2 rings (SSSR count). The summed E-state index contributed by atoms with van der Waals surface area (Å²) in [7, 11) is 0. The summed E-state index contributed by atoms with van der Waals surface area (Å²) in [5.74, 6) is 0.106. The number of amides is 1. The third kappa shape index (κ3) is 3.08. The van der Waals surface area contributed by atoms with Crippen LogP contribution in [0.15, 0.2) is 29.2 Å². The molecule has 1 atom stereocenters. The van der Waals surface area contributed by atoms with Crippen LogP contribution in [0.2, 0.25) is 0 Å². The van der Waals surface area contributed by atoms with E-state index in [1.54, 1.807) is 11.8 Å². The highest BCUT2D eigenvalue weighted by Crippen LogP contribution is 2.22. The number of nitrogens with zero attached hydrogens (tertiary/aromatic N) is 1. The number of thioether (sulfide) groups is 1. The van der Waals surface area contributed by atoms with Crippen LogP contribution in [0.5, 0.6) is 0 Å². The Morgan fingerprint density at radius 2 is 2.33 bits per heavy atom. The van der Waals surface area contributed by atoms with Crippen LogP contribution < -0.4 is 0 Å². The number of hydrogen-bond acceptors (Lipinski definition) is 3. The molecular weight excluding hydrogens is 314 g/mol. The van der Waals surface area contributed by atoms with Gasteiger partial charge in [0, 0.05) is 23.3 Å². The van der Waals surface area contributed by atoms with Crippen molar-refractivity contribution in [2.75, 3.05) is 31.3 Å². The Bertz CT molecular complexity index is 427. The highest BCUT2D eigenvalue weighted by molar-refractivity contribution is 9.09. The van der Waals surface area contributed by atoms with E-state index in [2.05, 4.69) is 15.9 Å². The summed E-state index contributed by atoms with van der Waals surface area (Å²) in [5, 5.41) is 0.765. The van der Waals surface area contributed by atoms with E-state index in [0.717, 1.165) is 15.8 Å². The molecule has 0 bridgehead atoms. The van der Waals surface area contributed by atoms with Crippen LogP contribution in [0.25, 0.3) is 0 Å². The predicted molar refractivity (Wildman–Crippen MR) is 77.7 cm³/mol. The molecule has 0 radical (unpaired) electrons. The lowest BCUT2D eigenvalue weighted by Crippen LogP contribution is -2.46. The second kappa shape index (κ2) is 6.59. The minimum Gasteiger partial charge on any atom is -0.374 e. The van der Waals surface area contributed by atoms with Gasteiger partial charge in [0.2, 0.25) is 0 Å². The summed E-state index contributed by atoms with van der Waals surface area (Å²) in [6.45, 7) is 1.95. The van der Waals surface area contributed by atoms with Crippen LogP contribution in [-0.2, 0) is 4.74 Å². The van der Waals surface area contributed by atoms with E-state index >= 15 is 0 Å². The van der Waals surface area contributed by atoms with E-state index in [0.29, 0.717) is 19.7 Å². The van der Waals surface area contributed by atoms with E-state index in [1.165, 1.54) is 0 Å². The van der Waals surface area contributed by atoms with Crippen molar-refractivity contribution in [2.45, 2.75) is 11.0 Å². The molecule has 0 N–H and O–H groups in total. The lowest BCUT2D eigenvalue weighted by Gasteiger charge is -2.32. The molecular formula is C13H16BrNO2S. The second-order valence-electron chi connectivity index (χ2n) is 4.10. The molecule has 1 aromatic rings. The zero-order valence-corrected chi connectivity index (χ0v) is 12.7. The Balaban J connectivity index is 2.15. The van der Waals surface area contributed by atoms with Crippen molar-refractivity contribution >= 4 is 33.6 Å². The van der Waals surface area contributed by atoms with E-state index in [4.69, 9.17) is 4.74 Å². The second-order valence-corrected chi connectivity index (χ2v) is 5.59. The van der Waals surface area contributed by atoms with Crippen LogP contribution in [0.1, 0.15) is 10.4 Å². The van der Waals surface area contributed by atoms with Gasteiger partial charge in [-0.1, -0.05) is 28.1 Å². The van der Waals surface area contributed by atoms with E-state index in [-0.39, 0.29) is 12.0 Å². The molecule has 1 heterocycles. The fourth-order valence-corrected chi connectivity index (χ4v) is 2.97. The maximum atomic E-state index is 12.5. The Morgan fingerprint density at radius 1 is 1.56 bits per heavy atom. The highest BCUT2D eigenvalue weighted by Gasteiger charge is 2.25. The zero-order chi connectivity index (χ0) is 13.0. The molecule has 1 amide bonds. The Morgan fingerprint density at radius 3 is 3.06 bits per heavy atom. The number of rotatable bonds is 3. The van der Waals surface area contributed by atoms with Crippen LogP contribution in [0.4, 0.5) is 0 Å². The summed E-state index contributed by atoms with van der Waals surface area (Å²) < 4.78 is 5.55. The molecule has 98 valence electrons. The number of alkyl halides is 1. The zero-order valence-electron chi connectivity index (χ0n) is 10.3. The molecule has 0 saturated carbocycles. The van der Waals surface area contributed by atoms with Gasteiger partial charge in [-0.3, -0.25) is 4.79 Å². The maximum absolute atomic E-state index is 12.5. The molecule has 0 aliphatic carbocycles. The Hall–Kier alpha value is -0.520. The Kier molecular flexibility index (Phi) is 5.09. The average molecular weight is 330 g/mol. The van der Waals surface area contributed by atoms with Crippen molar-refractivity contribution in [3.05, 3.63) is 29.8 Å². The summed E-state index contributed by atoms with van der Waals surface area (Å²) in [5.41, 5.74) is 0.792. The number of benzene rings is 1. The predicted octanol–water partition coefficient (Wildman–Crippen LogP) is 2.64. The molecule has 1 aliphatic heterocycles. The summed E-state index contributed by atoms with van der Waals surface area (Å²) in [6.07, 6.45) is 2.09. The summed E-state index contributed by atoms with van der Waals surface area (Å²) >= 11 is 5.01. The first-order valence-corrected chi connectivity index (χ1v) is 8.20. The molecule has 1 aliphatic rings. The minimum atomic E-state index is 0.101. The first-order valence-electron chi connectivity index (χ1n) is 5.86. The normalized spacial score (nSPS) is 19.9. The first-order chi connectivity index (χ1) is 8.76. The monoisotopic (exact) mass is 329 g/mol. The van der Waals surface area contributed by atoms with Gasteiger partial charge in [0.15, 0.2) is 0 Å². The molecule has 0 spiro atoms. The fraction of sp³-hybridized carbons (Fsp3) is 0.462. The molecule has 3 nitrogen and oxygen atoms in total. The lowest BCUT2D eigenvalue weighted by atomic mass is 10.1. The minimum absolute atomic E-state index is 0.101. The lowest BCUT2D eigenvalue weighted by molar-refractivity contribution is -0.00978. The van der Waals surface area contributed by atoms with E-state index in [9.17, 15) is 4.79 Å². The highest BCUT2D eigenvalue weighted by atomic mass is 79.9. The van der Waals surface area contributed by atoms with Gasteiger partial charge >= 0.3 is 0 Å². The maximum Gasteiger partial charge on any atom is 0.255 e. The quantitative estimate of drug-likeness (QED) is 0.630. The van der Waals surface area contributed by atoms with Gasteiger partial charge in [-0.05, 0) is 18.4 Å². The van der Waals surface area contributed by atoms with Crippen LogP contribution in [0.3, 0.4) is 0 Å². The van der Waals surface area contributed by atoms with Crippen LogP contribution >= 0.6 is 27.7 Å². The Labute approximate surface area is 120 Å². The van der Waals surface area contributed by atoms with Gasteiger partial charge in [0.1, 0.15) is 0 Å². The standard InChI is InChI=1S/C13H16BrNO2S/c1-18-12-5-3-2-4-11(12)13(16)15-6-7-17-10(8-14)9-15/h2-5,10H,6-9H2,1H3. The molecule has 1 saturated heterocycles. The number of carbonyl (C=O) groups excluding carboxylic acids is 1. The van der Waals surface area contributed by atoms with Crippen molar-refractivity contribution in [1.29, 1.82) is 0 Å². The largest absolute Gasteiger partial charge is 0.374 e. The van der Waals surface area contributed by atoms with Crippen molar-refractivity contribution in [1.82, 2.24) is 4.90 Å². The number of halogens is 1. The number of hydrogen-bond donors (Lipinski definition) is 0. The van der Waals surface area contributed by atoms with Crippen LogP contribution in [-0.4, -0.2) is 48.2 Å². The van der Waals surface area contributed by atoms with Gasteiger partial charge in [-0.25, -0.2) is 0 Å². The third-order valence-electron chi connectivity index (χ3n) is 2.94. The number of ether oxygens (including phenoxy) is 1. The number of carbonyl (C=O) groups is 1. The molecule has 18 heavy (non-hydrogen) atoms. The molecule has 1 aromatic carbocycles. The van der Waals surface area contributed by atoms with E-state index in [1.807, 2.05) is 35.4 Å². The smallest absolute Gasteiger partial charge is 0.255 e. The van der Waals surface area contributed by atoms with Crippen molar-refractivity contribution in [3.63, 3.8) is 0 Å². The van der Waals surface area contributed by atoms with E-state index < -0.39 is 0 Å². The SMILES string of the molecule is CSc1ccccc1C(=O)N1CCOC(CBr)C1. The molecule has 1 fully saturated rings. The van der Waals surface area contributed by atoms with Crippen molar-refractivity contribution in [2.24, 2.45) is 0 Å². The average Bonchev–Trinajstić information content (AvgIpc) is 2.46. The van der Waals surface area contributed by atoms with Crippen molar-refractivity contribution < 1.29 is 9.53 Å². The molecule has 1 unspecified atom stereocenters.